The maximum atomic E-state index is 12.8. The first-order valence-electron chi connectivity index (χ1n) is 8.30. The van der Waals surface area contributed by atoms with Gasteiger partial charge in [-0.2, -0.15) is 8.78 Å². The van der Waals surface area contributed by atoms with Crippen LogP contribution in [0.5, 0.6) is 0 Å². The SMILES string of the molecule is CCC(C)(C)C(=O)OC1CC2CC1CC2COC(=O)C(C)(F)F. The van der Waals surface area contributed by atoms with E-state index in [1.807, 2.05) is 20.8 Å². The minimum Gasteiger partial charge on any atom is -0.462 e. The van der Waals surface area contributed by atoms with Gasteiger partial charge in [-0.15, -0.1) is 0 Å². The second-order valence-electron chi connectivity index (χ2n) is 7.66. The topological polar surface area (TPSA) is 52.6 Å². The number of carbonyl (C=O) groups is 2. The summed E-state index contributed by atoms with van der Waals surface area (Å²) in [6.07, 6.45) is 3.04. The van der Waals surface area contributed by atoms with Gasteiger partial charge >= 0.3 is 17.9 Å². The summed E-state index contributed by atoms with van der Waals surface area (Å²) in [4.78, 5) is 23.3. The van der Waals surface area contributed by atoms with Crippen molar-refractivity contribution in [1.82, 2.24) is 0 Å². The molecule has 0 aliphatic heterocycles. The van der Waals surface area contributed by atoms with Crippen molar-refractivity contribution in [1.29, 1.82) is 0 Å². The van der Waals surface area contributed by atoms with E-state index in [1.165, 1.54) is 0 Å². The normalized spacial score (nSPS) is 30.3. The number of hydrogen-bond acceptors (Lipinski definition) is 4. The van der Waals surface area contributed by atoms with Crippen LogP contribution in [-0.2, 0) is 19.1 Å². The van der Waals surface area contributed by atoms with Crippen LogP contribution >= 0.6 is 0 Å². The quantitative estimate of drug-likeness (QED) is 0.698. The summed E-state index contributed by atoms with van der Waals surface area (Å²) in [7, 11) is 0. The zero-order chi connectivity index (χ0) is 17.4. The number of fused-ring (bicyclic) bond motifs is 2. The molecular formula is C17H26F2O4. The van der Waals surface area contributed by atoms with E-state index in [1.54, 1.807) is 0 Å². The molecule has 0 heterocycles. The maximum Gasteiger partial charge on any atom is 0.376 e. The monoisotopic (exact) mass is 332 g/mol. The first-order chi connectivity index (χ1) is 10.5. The van der Waals surface area contributed by atoms with Crippen molar-refractivity contribution in [3.63, 3.8) is 0 Å². The first kappa shape index (κ1) is 18.1. The van der Waals surface area contributed by atoms with Crippen LogP contribution < -0.4 is 0 Å². The van der Waals surface area contributed by atoms with Gasteiger partial charge in [-0.1, -0.05) is 6.92 Å². The average molecular weight is 332 g/mol. The van der Waals surface area contributed by atoms with Gasteiger partial charge in [0.25, 0.3) is 0 Å². The Morgan fingerprint density at radius 2 is 1.70 bits per heavy atom. The third-order valence-electron chi connectivity index (χ3n) is 5.42. The molecule has 2 aliphatic rings. The third-order valence-corrected chi connectivity index (χ3v) is 5.42. The van der Waals surface area contributed by atoms with Crippen molar-refractivity contribution < 1.29 is 27.8 Å². The summed E-state index contributed by atoms with van der Waals surface area (Å²) >= 11 is 0. The summed E-state index contributed by atoms with van der Waals surface area (Å²) < 4.78 is 36.0. The van der Waals surface area contributed by atoms with Gasteiger partial charge in [0, 0.05) is 6.92 Å². The van der Waals surface area contributed by atoms with Crippen molar-refractivity contribution in [3.05, 3.63) is 0 Å². The minimum atomic E-state index is -3.44. The number of carbonyl (C=O) groups excluding carboxylic acids is 2. The molecule has 0 saturated heterocycles. The Morgan fingerprint density at radius 3 is 2.17 bits per heavy atom. The van der Waals surface area contributed by atoms with Crippen LogP contribution in [0.2, 0.25) is 0 Å². The highest BCUT2D eigenvalue weighted by Gasteiger charge is 2.49. The Hall–Kier alpha value is -1.20. The van der Waals surface area contributed by atoms with Gasteiger partial charge in [-0.3, -0.25) is 4.79 Å². The van der Waals surface area contributed by atoms with Crippen LogP contribution in [0.25, 0.3) is 0 Å². The van der Waals surface area contributed by atoms with E-state index in [2.05, 4.69) is 0 Å². The lowest BCUT2D eigenvalue weighted by molar-refractivity contribution is -0.171. The molecule has 0 aromatic carbocycles. The number of hydrogen-bond donors (Lipinski definition) is 0. The maximum absolute atomic E-state index is 12.8. The number of esters is 2. The molecule has 2 fully saturated rings. The van der Waals surface area contributed by atoms with Crippen molar-refractivity contribution in [2.45, 2.75) is 65.4 Å². The fraction of sp³-hybridized carbons (Fsp3) is 0.882. The summed E-state index contributed by atoms with van der Waals surface area (Å²) in [5.74, 6) is -4.45. The molecule has 0 spiro atoms. The smallest absolute Gasteiger partial charge is 0.376 e. The van der Waals surface area contributed by atoms with E-state index in [0.29, 0.717) is 6.92 Å². The summed E-state index contributed by atoms with van der Waals surface area (Å²) in [6, 6.07) is 0. The van der Waals surface area contributed by atoms with Crippen molar-refractivity contribution in [2.75, 3.05) is 6.61 Å². The number of ether oxygens (including phenoxy) is 2. The van der Waals surface area contributed by atoms with E-state index >= 15 is 0 Å². The van der Waals surface area contributed by atoms with Gasteiger partial charge < -0.3 is 9.47 Å². The minimum absolute atomic E-state index is 0.0323. The van der Waals surface area contributed by atoms with E-state index < -0.39 is 17.3 Å². The molecule has 23 heavy (non-hydrogen) atoms. The van der Waals surface area contributed by atoms with Crippen LogP contribution in [0.3, 0.4) is 0 Å². The Balaban J connectivity index is 1.81. The molecule has 2 aliphatic carbocycles. The molecule has 4 nitrogen and oxygen atoms in total. The van der Waals surface area contributed by atoms with Crippen molar-refractivity contribution >= 4 is 11.9 Å². The molecule has 0 radical (unpaired) electrons. The highest BCUT2D eigenvalue weighted by Crippen LogP contribution is 2.50. The molecule has 0 aromatic rings. The number of halogens is 2. The van der Waals surface area contributed by atoms with Gasteiger partial charge in [0.15, 0.2) is 0 Å². The fourth-order valence-electron chi connectivity index (χ4n) is 3.44. The summed E-state index contributed by atoms with van der Waals surface area (Å²) in [5, 5.41) is 0. The molecule has 4 unspecified atom stereocenters. The highest BCUT2D eigenvalue weighted by molar-refractivity contribution is 5.77. The molecular weight excluding hydrogens is 306 g/mol. The molecule has 6 heteroatoms. The number of alkyl halides is 2. The zero-order valence-corrected chi connectivity index (χ0v) is 14.2. The predicted molar refractivity (Wildman–Crippen MR) is 79.9 cm³/mol. The van der Waals surface area contributed by atoms with Gasteiger partial charge in [0.1, 0.15) is 6.10 Å². The Kier molecular flexibility index (Phi) is 5.02. The van der Waals surface area contributed by atoms with E-state index in [9.17, 15) is 18.4 Å². The lowest BCUT2D eigenvalue weighted by Crippen LogP contribution is -2.35. The van der Waals surface area contributed by atoms with E-state index in [0.717, 1.165) is 25.7 Å². The highest BCUT2D eigenvalue weighted by atomic mass is 19.3. The molecule has 2 rings (SSSR count). The largest absolute Gasteiger partial charge is 0.462 e. The van der Waals surface area contributed by atoms with Gasteiger partial charge in [0.2, 0.25) is 0 Å². The van der Waals surface area contributed by atoms with Crippen molar-refractivity contribution in [2.24, 2.45) is 23.2 Å². The van der Waals surface area contributed by atoms with Crippen LogP contribution in [0.4, 0.5) is 8.78 Å². The Bertz CT molecular complexity index is 470. The van der Waals surface area contributed by atoms with Crippen LogP contribution in [-0.4, -0.2) is 30.6 Å². The second kappa shape index (κ2) is 6.36. The van der Waals surface area contributed by atoms with Crippen LogP contribution in [0, 0.1) is 23.2 Å². The third kappa shape index (κ3) is 4.01. The lowest BCUT2D eigenvalue weighted by Gasteiger charge is -2.30. The second-order valence-corrected chi connectivity index (χ2v) is 7.66. The molecule has 0 N–H and O–H groups in total. The molecule has 0 aromatic heterocycles. The molecule has 2 bridgehead atoms. The van der Waals surface area contributed by atoms with Gasteiger partial charge in [0.05, 0.1) is 12.0 Å². The number of rotatable bonds is 6. The standard InChI is InChI=1S/C17H26F2O4/c1-5-16(2,3)14(20)23-13-8-10-6-11(13)7-12(10)9-22-15(21)17(4,18)19/h10-13H,5-9H2,1-4H3. The lowest BCUT2D eigenvalue weighted by atomic mass is 9.87. The fourth-order valence-corrected chi connectivity index (χ4v) is 3.44. The van der Waals surface area contributed by atoms with Crippen molar-refractivity contribution in [3.8, 4) is 0 Å². The first-order valence-corrected chi connectivity index (χ1v) is 8.30. The molecule has 132 valence electrons. The molecule has 2 saturated carbocycles. The Labute approximate surface area is 135 Å². The van der Waals surface area contributed by atoms with Gasteiger partial charge in [-0.25, -0.2) is 4.79 Å². The van der Waals surface area contributed by atoms with Crippen LogP contribution in [0.15, 0.2) is 0 Å². The zero-order valence-electron chi connectivity index (χ0n) is 14.2. The summed E-state index contributed by atoms with van der Waals surface area (Å²) in [6.45, 7) is 6.27. The average Bonchev–Trinajstić information content (AvgIpc) is 3.03. The van der Waals surface area contributed by atoms with Gasteiger partial charge in [-0.05, 0) is 57.3 Å². The van der Waals surface area contributed by atoms with E-state index in [-0.39, 0.29) is 36.4 Å². The summed E-state index contributed by atoms with van der Waals surface area (Å²) in [5.41, 5.74) is -0.483. The van der Waals surface area contributed by atoms with Crippen LogP contribution in [0.1, 0.15) is 53.4 Å². The molecule has 0 amide bonds. The predicted octanol–water partition coefficient (Wildman–Crippen LogP) is 3.58. The Morgan fingerprint density at radius 1 is 1.04 bits per heavy atom. The van der Waals surface area contributed by atoms with E-state index in [4.69, 9.17) is 9.47 Å². The molecule has 4 atom stereocenters.